The minimum atomic E-state index is -1.62. The normalized spacial score (nSPS) is 15.3. The second kappa shape index (κ2) is 7.59. The summed E-state index contributed by atoms with van der Waals surface area (Å²) in [5.41, 5.74) is 10.8. The Morgan fingerprint density at radius 1 is 1.15 bits per heavy atom. The first-order valence-electron chi connectivity index (χ1n) is 6.01. The monoisotopic (exact) mass is 282 g/mol. The van der Waals surface area contributed by atoms with Crippen LogP contribution in [0.25, 0.3) is 0 Å². The summed E-state index contributed by atoms with van der Waals surface area (Å²) in [6.45, 7) is 0.0365. The number of primary amides is 2. The zero-order valence-corrected chi connectivity index (χ0v) is 10.8. The van der Waals surface area contributed by atoms with Crippen LogP contribution in [-0.2, 0) is 20.9 Å². The van der Waals surface area contributed by atoms with Crippen molar-refractivity contribution in [2.75, 3.05) is 0 Å². The highest BCUT2D eigenvalue weighted by atomic mass is 16.5. The number of aliphatic hydroxyl groups is 2. The van der Waals surface area contributed by atoms with Crippen molar-refractivity contribution in [2.45, 2.75) is 31.3 Å². The van der Waals surface area contributed by atoms with Crippen molar-refractivity contribution in [2.24, 2.45) is 11.5 Å². The highest BCUT2D eigenvalue weighted by Crippen LogP contribution is 2.11. The molecule has 3 atom stereocenters. The molecule has 0 aliphatic rings. The average Bonchev–Trinajstić information content (AvgIpc) is 2.38. The molecule has 6 N–H and O–H groups in total. The molecule has 0 radical (unpaired) electrons. The van der Waals surface area contributed by atoms with Gasteiger partial charge >= 0.3 is 0 Å². The van der Waals surface area contributed by atoms with E-state index in [1.807, 2.05) is 6.07 Å². The summed E-state index contributed by atoms with van der Waals surface area (Å²) in [7, 11) is 0. The van der Waals surface area contributed by atoms with E-state index in [4.69, 9.17) is 16.2 Å². The lowest BCUT2D eigenvalue weighted by molar-refractivity contribution is -0.149. The van der Waals surface area contributed by atoms with Crippen molar-refractivity contribution in [3.8, 4) is 0 Å². The molecule has 7 heteroatoms. The van der Waals surface area contributed by atoms with E-state index in [1.165, 1.54) is 0 Å². The summed E-state index contributed by atoms with van der Waals surface area (Å²) in [5, 5.41) is 19.4. The van der Waals surface area contributed by atoms with Crippen molar-refractivity contribution < 1.29 is 24.5 Å². The number of amides is 2. The van der Waals surface area contributed by atoms with Crippen molar-refractivity contribution in [1.29, 1.82) is 0 Å². The van der Waals surface area contributed by atoms with Crippen LogP contribution in [0, 0.1) is 0 Å². The summed E-state index contributed by atoms with van der Waals surface area (Å²) in [6, 6.07) is 8.93. The Hall–Kier alpha value is -1.96. The Morgan fingerprint density at radius 2 is 1.75 bits per heavy atom. The van der Waals surface area contributed by atoms with Gasteiger partial charge in [-0.05, 0) is 5.56 Å². The predicted molar refractivity (Wildman–Crippen MR) is 70.0 cm³/mol. The van der Waals surface area contributed by atoms with E-state index in [9.17, 15) is 19.8 Å². The third-order valence-corrected chi connectivity index (χ3v) is 2.67. The molecule has 0 saturated carbocycles. The molecular weight excluding hydrogens is 264 g/mol. The number of benzene rings is 1. The molecule has 0 aliphatic heterocycles. The molecular formula is C13H18N2O5. The van der Waals surface area contributed by atoms with Gasteiger partial charge in [0.25, 0.3) is 0 Å². The predicted octanol–water partition coefficient (Wildman–Crippen LogP) is -1.35. The van der Waals surface area contributed by atoms with Crippen LogP contribution >= 0.6 is 0 Å². The van der Waals surface area contributed by atoms with Gasteiger partial charge in [0.1, 0.15) is 6.10 Å². The van der Waals surface area contributed by atoms with Gasteiger partial charge in [-0.1, -0.05) is 30.3 Å². The molecule has 0 spiro atoms. The van der Waals surface area contributed by atoms with Crippen LogP contribution in [0.4, 0.5) is 0 Å². The van der Waals surface area contributed by atoms with Crippen molar-refractivity contribution in [1.82, 2.24) is 0 Å². The second-order valence-corrected chi connectivity index (χ2v) is 4.35. The van der Waals surface area contributed by atoms with Crippen LogP contribution in [0.5, 0.6) is 0 Å². The largest absolute Gasteiger partial charge is 0.390 e. The second-order valence-electron chi connectivity index (χ2n) is 4.35. The van der Waals surface area contributed by atoms with Gasteiger partial charge in [0.15, 0.2) is 6.10 Å². The van der Waals surface area contributed by atoms with E-state index in [0.29, 0.717) is 0 Å². The first-order chi connectivity index (χ1) is 9.41. The Morgan fingerprint density at radius 3 is 2.25 bits per heavy atom. The van der Waals surface area contributed by atoms with Crippen LogP contribution in [0.2, 0.25) is 0 Å². The fourth-order valence-electron chi connectivity index (χ4n) is 1.64. The molecule has 0 fully saturated rings. The summed E-state index contributed by atoms with van der Waals surface area (Å²) in [4.78, 5) is 21.9. The van der Waals surface area contributed by atoms with Gasteiger partial charge in [0.2, 0.25) is 11.8 Å². The number of carbonyl (C=O) groups is 2. The van der Waals surface area contributed by atoms with Crippen LogP contribution in [0.1, 0.15) is 12.0 Å². The van der Waals surface area contributed by atoms with Gasteiger partial charge in [0, 0.05) is 0 Å². The number of nitrogens with two attached hydrogens (primary N) is 2. The highest BCUT2D eigenvalue weighted by molar-refractivity contribution is 5.80. The Labute approximate surface area is 116 Å². The Balaban J connectivity index is 2.64. The van der Waals surface area contributed by atoms with Crippen molar-refractivity contribution in [3.05, 3.63) is 35.9 Å². The smallest absolute Gasteiger partial charge is 0.249 e. The number of hydrogen-bond donors (Lipinski definition) is 4. The van der Waals surface area contributed by atoms with E-state index >= 15 is 0 Å². The van der Waals surface area contributed by atoms with Crippen LogP contribution < -0.4 is 11.5 Å². The molecule has 20 heavy (non-hydrogen) atoms. The maximum absolute atomic E-state index is 11.3. The lowest BCUT2D eigenvalue weighted by Gasteiger charge is -2.24. The van der Waals surface area contributed by atoms with E-state index in [-0.39, 0.29) is 6.61 Å². The van der Waals surface area contributed by atoms with E-state index in [0.717, 1.165) is 5.56 Å². The first kappa shape index (κ1) is 16.1. The topological polar surface area (TPSA) is 136 Å². The number of ether oxygens (including phenoxy) is 1. The zero-order valence-electron chi connectivity index (χ0n) is 10.8. The molecule has 1 aromatic rings. The van der Waals surface area contributed by atoms with Crippen molar-refractivity contribution >= 4 is 11.8 Å². The molecule has 2 amide bonds. The molecule has 7 nitrogen and oxygen atoms in total. The molecule has 0 saturated heterocycles. The van der Waals surface area contributed by atoms with Crippen molar-refractivity contribution in [3.63, 3.8) is 0 Å². The number of carbonyl (C=O) groups excluding carboxylic acids is 2. The summed E-state index contributed by atoms with van der Waals surface area (Å²) in [6.07, 6.45) is -5.05. The van der Waals surface area contributed by atoms with Crippen LogP contribution in [0.15, 0.2) is 30.3 Å². The molecule has 1 aromatic carbocycles. The first-order valence-corrected chi connectivity index (χ1v) is 6.01. The van der Waals surface area contributed by atoms with E-state index < -0.39 is 36.5 Å². The van der Waals surface area contributed by atoms with Gasteiger partial charge in [-0.25, -0.2) is 0 Å². The lowest BCUT2D eigenvalue weighted by Crippen LogP contribution is -2.48. The Bertz CT molecular complexity index is 451. The number of hydrogen-bond acceptors (Lipinski definition) is 5. The number of aliphatic hydroxyl groups excluding tert-OH is 2. The van der Waals surface area contributed by atoms with Gasteiger partial charge in [-0.15, -0.1) is 0 Å². The lowest BCUT2D eigenvalue weighted by atomic mass is 10.0. The minimum Gasteiger partial charge on any atom is -0.390 e. The maximum Gasteiger partial charge on any atom is 0.249 e. The molecule has 0 aromatic heterocycles. The minimum absolute atomic E-state index is 0.0365. The summed E-state index contributed by atoms with van der Waals surface area (Å²) in [5.74, 6) is -1.74. The average molecular weight is 282 g/mol. The molecule has 0 aliphatic carbocycles. The molecule has 0 bridgehead atoms. The summed E-state index contributed by atoms with van der Waals surface area (Å²) < 4.78 is 5.22. The van der Waals surface area contributed by atoms with Crippen LogP contribution in [-0.4, -0.2) is 40.3 Å². The van der Waals surface area contributed by atoms with Gasteiger partial charge in [-0.3, -0.25) is 9.59 Å². The highest BCUT2D eigenvalue weighted by Gasteiger charge is 2.32. The third kappa shape index (κ3) is 4.96. The van der Waals surface area contributed by atoms with Gasteiger partial charge in [0.05, 0.1) is 19.1 Å². The maximum atomic E-state index is 11.3. The zero-order chi connectivity index (χ0) is 15.1. The standard InChI is InChI=1S/C13H18N2O5/c14-10(17)6-9(16)11(18)12(13(15)19)20-7-8-4-2-1-3-5-8/h1-5,9,11-12,16,18H,6-7H2,(H2,14,17)(H2,15,19). The fraction of sp³-hybridized carbons (Fsp3) is 0.385. The SMILES string of the molecule is NC(=O)CC(O)C(O)C(OCc1ccccc1)C(N)=O. The van der Waals surface area contributed by atoms with Crippen LogP contribution in [0.3, 0.4) is 0 Å². The molecule has 0 heterocycles. The van der Waals surface area contributed by atoms with E-state index in [1.54, 1.807) is 24.3 Å². The molecule has 110 valence electrons. The van der Waals surface area contributed by atoms with Gasteiger partial charge < -0.3 is 26.4 Å². The quantitative estimate of drug-likeness (QED) is 0.467. The summed E-state index contributed by atoms with van der Waals surface area (Å²) >= 11 is 0. The number of rotatable bonds is 8. The van der Waals surface area contributed by atoms with Gasteiger partial charge in [-0.2, -0.15) is 0 Å². The molecule has 3 unspecified atom stereocenters. The fourth-order valence-corrected chi connectivity index (χ4v) is 1.64. The Kier molecular flexibility index (Phi) is 6.10. The third-order valence-electron chi connectivity index (χ3n) is 2.67. The van der Waals surface area contributed by atoms with E-state index in [2.05, 4.69) is 0 Å². The molecule has 1 rings (SSSR count).